The molecule has 2 aliphatic rings. The van der Waals surface area contributed by atoms with Crippen molar-refractivity contribution in [2.45, 2.75) is 29.2 Å². The van der Waals surface area contributed by atoms with Crippen LogP contribution in [0.5, 0.6) is 0 Å². The highest BCUT2D eigenvalue weighted by Crippen LogP contribution is 2.60. The van der Waals surface area contributed by atoms with Crippen molar-refractivity contribution < 1.29 is 9.90 Å². The third-order valence-electron chi connectivity index (χ3n) is 3.77. The quantitative estimate of drug-likeness (QED) is 0.844. The van der Waals surface area contributed by atoms with Crippen LogP contribution in [-0.2, 0) is 4.08 Å². The van der Waals surface area contributed by atoms with Crippen molar-refractivity contribution >= 4 is 41.3 Å². The molecule has 1 saturated heterocycles. The van der Waals surface area contributed by atoms with Crippen LogP contribution in [-0.4, -0.2) is 28.3 Å². The number of carboxylic acid groups (broad SMARTS) is 1. The average Bonchev–Trinajstić information content (AvgIpc) is 2.82. The van der Waals surface area contributed by atoms with E-state index in [0.717, 1.165) is 23.3 Å². The van der Waals surface area contributed by atoms with Crippen molar-refractivity contribution in [3.63, 3.8) is 0 Å². The van der Waals surface area contributed by atoms with Crippen molar-refractivity contribution in [1.29, 1.82) is 0 Å². The second-order valence-electron chi connectivity index (χ2n) is 4.92. The number of aryl methyl sites for hydroxylation is 1. The summed E-state index contributed by atoms with van der Waals surface area (Å²) in [5, 5.41) is 9.40. The zero-order valence-electron chi connectivity index (χ0n) is 11.0. The summed E-state index contributed by atoms with van der Waals surface area (Å²) < 4.78 is 0.112. The van der Waals surface area contributed by atoms with Crippen molar-refractivity contribution in [1.82, 2.24) is 0 Å². The Morgan fingerprint density at radius 3 is 2.58 bits per heavy atom. The summed E-state index contributed by atoms with van der Waals surface area (Å²) in [6.45, 7) is 4.02. The topological polar surface area (TPSA) is 37.3 Å². The second-order valence-corrected chi connectivity index (χ2v) is 9.07. The number of carboxylic acids is 1. The molecule has 0 aromatic heterocycles. The van der Waals surface area contributed by atoms with Gasteiger partial charge in [-0.3, -0.25) is 0 Å². The van der Waals surface area contributed by atoms with Gasteiger partial charge >= 0.3 is 5.97 Å². The van der Waals surface area contributed by atoms with Gasteiger partial charge in [0.2, 0.25) is 0 Å². The van der Waals surface area contributed by atoms with E-state index in [2.05, 4.69) is 0 Å². The summed E-state index contributed by atoms with van der Waals surface area (Å²) in [7, 11) is 0. The maximum absolute atomic E-state index is 11.4. The molecule has 1 fully saturated rings. The molecular weight excluding hydrogens is 296 g/mol. The Morgan fingerprint density at radius 2 is 1.95 bits per heavy atom. The lowest BCUT2D eigenvalue weighted by atomic mass is 9.95. The molecule has 2 heterocycles. The lowest BCUT2D eigenvalue weighted by Gasteiger charge is -2.36. The van der Waals surface area contributed by atoms with Gasteiger partial charge in [-0.2, -0.15) is 0 Å². The predicted molar refractivity (Wildman–Crippen MR) is 84.8 cm³/mol. The van der Waals surface area contributed by atoms with E-state index >= 15 is 0 Å². The molecule has 0 aliphatic carbocycles. The minimum atomic E-state index is -0.804. The van der Waals surface area contributed by atoms with Crippen LogP contribution in [0.3, 0.4) is 0 Å². The normalized spacial score (nSPS) is 20.5. The van der Waals surface area contributed by atoms with E-state index in [1.54, 1.807) is 0 Å². The summed E-state index contributed by atoms with van der Waals surface area (Å²) in [5.74, 6) is 2.68. The molecule has 1 aromatic rings. The molecule has 0 atom stereocenters. The molecule has 2 aliphatic heterocycles. The van der Waals surface area contributed by atoms with Gasteiger partial charge in [0, 0.05) is 22.2 Å². The maximum Gasteiger partial charge on any atom is 0.335 e. The first-order valence-corrected chi connectivity index (χ1v) is 9.29. The number of thioether (sulfide) groups is 3. The Labute approximate surface area is 126 Å². The lowest BCUT2D eigenvalue weighted by Crippen LogP contribution is -2.24. The van der Waals surface area contributed by atoms with Gasteiger partial charge in [-0.05, 0) is 43.0 Å². The van der Waals surface area contributed by atoms with Crippen LogP contribution in [0.25, 0.3) is 0 Å². The maximum atomic E-state index is 11.4. The van der Waals surface area contributed by atoms with E-state index < -0.39 is 5.97 Å². The summed E-state index contributed by atoms with van der Waals surface area (Å²) in [5.41, 5.74) is 3.87. The molecule has 0 saturated carbocycles. The lowest BCUT2D eigenvalue weighted by molar-refractivity contribution is 0.0695. The van der Waals surface area contributed by atoms with Gasteiger partial charge < -0.3 is 5.11 Å². The Morgan fingerprint density at radius 1 is 1.26 bits per heavy atom. The number of hydrogen-bond donors (Lipinski definition) is 1. The number of carbonyl (C=O) groups is 1. The van der Waals surface area contributed by atoms with E-state index in [4.69, 9.17) is 0 Å². The molecule has 19 heavy (non-hydrogen) atoms. The third-order valence-corrected chi connectivity index (χ3v) is 8.52. The van der Waals surface area contributed by atoms with Gasteiger partial charge in [0.25, 0.3) is 0 Å². The van der Waals surface area contributed by atoms with Gasteiger partial charge in [0.1, 0.15) is 0 Å². The molecule has 102 valence electrons. The fourth-order valence-electron chi connectivity index (χ4n) is 2.92. The monoisotopic (exact) mass is 312 g/mol. The number of hydrogen-bond acceptors (Lipinski definition) is 4. The standard InChI is InChI=1S/C14H16O2S3/c1-8-7-10(13(15)16)9(2)11-12(8)17-4-3-14(11)18-5-6-19-14/h7H,3-6H2,1-2H3,(H,15,16). The fraction of sp³-hybridized carbons (Fsp3) is 0.500. The number of rotatable bonds is 1. The minimum absolute atomic E-state index is 0.112. The van der Waals surface area contributed by atoms with Gasteiger partial charge in [-0.1, -0.05) is 0 Å². The highest BCUT2D eigenvalue weighted by molar-refractivity contribution is 8.20. The molecule has 3 rings (SSSR count). The van der Waals surface area contributed by atoms with E-state index in [0.29, 0.717) is 5.56 Å². The Bertz CT molecular complexity index is 548. The first-order valence-electron chi connectivity index (χ1n) is 6.34. The molecule has 0 amide bonds. The Kier molecular flexibility index (Phi) is 3.56. The SMILES string of the molecule is Cc1cc(C(=O)O)c(C)c2c1SCCC21SCCS1. The largest absolute Gasteiger partial charge is 0.478 e. The van der Waals surface area contributed by atoms with Crippen LogP contribution in [0.15, 0.2) is 11.0 Å². The van der Waals surface area contributed by atoms with Crippen molar-refractivity contribution in [3.8, 4) is 0 Å². The molecule has 0 bridgehead atoms. The molecule has 5 heteroatoms. The average molecular weight is 312 g/mol. The van der Waals surface area contributed by atoms with E-state index in [-0.39, 0.29) is 4.08 Å². The zero-order valence-corrected chi connectivity index (χ0v) is 13.4. The van der Waals surface area contributed by atoms with Gasteiger partial charge in [0.15, 0.2) is 0 Å². The van der Waals surface area contributed by atoms with Crippen LogP contribution < -0.4 is 0 Å². The third kappa shape index (κ3) is 2.10. The van der Waals surface area contributed by atoms with E-state index in [1.165, 1.54) is 22.0 Å². The summed E-state index contributed by atoms with van der Waals surface area (Å²) in [6, 6.07) is 1.84. The summed E-state index contributed by atoms with van der Waals surface area (Å²) in [4.78, 5) is 12.8. The predicted octanol–water partition coefficient (Wildman–Crippen LogP) is 4.13. The number of aromatic carboxylic acids is 1. The molecular formula is C14H16O2S3. The van der Waals surface area contributed by atoms with Crippen LogP contribution in [0.2, 0.25) is 0 Å². The smallest absolute Gasteiger partial charge is 0.335 e. The van der Waals surface area contributed by atoms with Crippen molar-refractivity contribution in [2.24, 2.45) is 0 Å². The molecule has 2 nitrogen and oxygen atoms in total. The number of fused-ring (bicyclic) bond motifs is 2. The van der Waals surface area contributed by atoms with Crippen molar-refractivity contribution in [2.75, 3.05) is 17.3 Å². The van der Waals surface area contributed by atoms with E-state index in [1.807, 2.05) is 55.2 Å². The minimum Gasteiger partial charge on any atom is -0.478 e. The highest BCUT2D eigenvalue weighted by Gasteiger charge is 2.43. The fourth-order valence-corrected chi connectivity index (χ4v) is 8.12. The molecule has 1 aromatic carbocycles. The molecule has 0 radical (unpaired) electrons. The summed E-state index contributed by atoms with van der Waals surface area (Å²) in [6.07, 6.45) is 1.14. The molecule has 1 spiro atoms. The van der Waals surface area contributed by atoms with Crippen molar-refractivity contribution in [3.05, 3.63) is 28.3 Å². The van der Waals surface area contributed by atoms with Gasteiger partial charge in [-0.15, -0.1) is 35.3 Å². The van der Waals surface area contributed by atoms with Gasteiger partial charge in [0.05, 0.1) is 9.64 Å². The highest BCUT2D eigenvalue weighted by atomic mass is 32.2. The summed E-state index contributed by atoms with van der Waals surface area (Å²) >= 11 is 5.91. The molecule has 0 unspecified atom stereocenters. The Balaban J connectivity index is 2.27. The number of benzene rings is 1. The Hall–Kier alpha value is -0.260. The van der Waals surface area contributed by atoms with Gasteiger partial charge in [-0.25, -0.2) is 4.79 Å². The zero-order chi connectivity index (χ0) is 13.6. The van der Waals surface area contributed by atoms with Crippen LogP contribution in [0.1, 0.15) is 33.5 Å². The van der Waals surface area contributed by atoms with Crippen LogP contribution in [0, 0.1) is 13.8 Å². The second kappa shape index (κ2) is 4.93. The van der Waals surface area contributed by atoms with E-state index in [9.17, 15) is 9.90 Å². The first kappa shape index (κ1) is 13.7. The van der Waals surface area contributed by atoms with Crippen LogP contribution >= 0.6 is 35.3 Å². The van der Waals surface area contributed by atoms with Crippen LogP contribution in [0.4, 0.5) is 0 Å². The first-order chi connectivity index (χ1) is 9.05. The molecule has 1 N–H and O–H groups in total.